The number of carboxylic acids is 1. The number of carboxylic acid groups (broad SMARTS) is 1. The Morgan fingerprint density at radius 3 is 2.80 bits per heavy atom. The fourth-order valence-corrected chi connectivity index (χ4v) is 0.885. The van der Waals surface area contributed by atoms with Crippen LogP contribution in [0, 0.1) is 11.8 Å². The Morgan fingerprint density at radius 1 is 1.47 bits per heavy atom. The molecular formula is C10H8N2O3. The summed E-state index contributed by atoms with van der Waals surface area (Å²) < 4.78 is 0. The molecule has 0 saturated heterocycles. The molecule has 0 atom stereocenters. The third-order valence-electron chi connectivity index (χ3n) is 1.45. The molecule has 0 unspecified atom stereocenters. The Balaban J connectivity index is 2.85. The van der Waals surface area contributed by atoms with Crippen LogP contribution in [-0.2, 0) is 4.79 Å². The molecule has 1 amide bonds. The van der Waals surface area contributed by atoms with E-state index in [2.05, 4.69) is 22.1 Å². The third kappa shape index (κ3) is 3.12. The lowest BCUT2D eigenvalue weighted by Gasteiger charge is -2.00. The minimum Gasteiger partial charge on any atom is -0.477 e. The molecule has 1 aromatic rings. The second-order valence-electron chi connectivity index (χ2n) is 2.54. The van der Waals surface area contributed by atoms with Crippen molar-refractivity contribution >= 4 is 17.7 Å². The molecule has 1 rings (SSSR count). The van der Waals surface area contributed by atoms with Gasteiger partial charge in [0.1, 0.15) is 5.82 Å². The van der Waals surface area contributed by atoms with Crippen molar-refractivity contribution in [3.8, 4) is 11.8 Å². The van der Waals surface area contributed by atoms with Gasteiger partial charge in [0.2, 0.25) is 0 Å². The maximum Gasteiger partial charge on any atom is 0.354 e. The fraction of sp³-hybridized carbons (Fsp3) is 0.100. The van der Waals surface area contributed by atoms with Gasteiger partial charge in [0.25, 0.3) is 0 Å². The zero-order chi connectivity index (χ0) is 11.3. The van der Waals surface area contributed by atoms with Gasteiger partial charge in [0.05, 0.1) is 0 Å². The zero-order valence-corrected chi connectivity index (χ0v) is 7.94. The molecule has 1 aromatic heterocycles. The Labute approximate surface area is 86.1 Å². The molecular weight excluding hydrogens is 196 g/mol. The largest absolute Gasteiger partial charge is 0.477 e. The number of anilines is 1. The number of aromatic carboxylic acids is 1. The molecule has 0 aromatic carbocycles. The molecule has 0 spiro atoms. The lowest BCUT2D eigenvalue weighted by atomic mass is 10.3. The third-order valence-corrected chi connectivity index (χ3v) is 1.45. The SMILES string of the molecule is CC#CC(=O)Nc1cccc(C(=O)O)n1. The summed E-state index contributed by atoms with van der Waals surface area (Å²) in [4.78, 5) is 25.3. The smallest absolute Gasteiger partial charge is 0.354 e. The number of amides is 1. The first-order valence-electron chi connectivity index (χ1n) is 4.07. The van der Waals surface area contributed by atoms with E-state index in [0.717, 1.165) is 0 Å². The summed E-state index contributed by atoms with van der Waals surface area (Å²) in [7, 11) is 0. The maximum atomic E-state index is 11.0. The van der Waals surface area contributed by atoms with Gasteiger partial charge in [-0.25, -0.2) is 9.78 Å². The Morgan fingerprint density at radius 2 is 2.20 bits per heavy atom. The van der Waals surface area contributed by atoms with Crippen molar-refractivity contribution in [3.05, 3.63) is 23.9 Å². The van der Waals surface area contributed by atoms with Crippen LogP contribution in [0.2, 0.25) is 0 Å². The highest BCUT2D eigenvalue weighted by atomic mass is 16.4. The zero-order valence-electron chi connectivity index (χ0n) is 7.94. The van der Waals surface area contributed by atoms with E-state index in [9.17, 15) is 9.59 Å². The summed E-state index contributed by atoms with van der Waals surface area (Å²) in [5.41, 5.74) is -0.128. The van der Waals surface area contributed by atoms with E-state index in [4.69, 9.17) is 5.11 Å². The Bertz CT molecular complexity index is 457. The number of nitrogens with one attached hydrogen (secondary N) is 1. The molecule has 0 aliphatic carbocycles. The summed E-state index contributed by atoms with van der Waals surface area (Å²) in [6.07, 6.45) is 0. The lowest BCUT2D eigenvalue weighted by molar-refractivity contribution is -0.111. The molecule has 0 saturated carbocycles. The van der Waals surface area contributed by atoms with E-state index in [1.807, 2.05) is 0 Å². The van der Waals surface area contributed by atoms with E-state index in [1.54, 1.807) is 0 Å². The van der Waals surface area contributed by atoms with Crippen molar-refractivity contribution in [2.75, 3.05) is 5.32 Å². The lowest BCUT2D eigenvalue weighted by Crippen LogP contribution is -2.11. The van der Waals surface area contributed by atoms with E-state index in [-0.39, 0.29) is 11.5 Å². The van der Waals surface area contributed by atoms with Gasteiger partial charge in [-0.15, -0.1) is 0 Å². The second kappa shape index (κ2) is 4.77. The molecule has 2 N–H and O–H groups in total. The molecule has 1 heterocycles. The summed E-state index contributed by atoms with van der Waals surface area (Å²) in [6.45, 7) is 1.53. The van der Waals surface area contributed by atoms with Crippen molar-refractivity contribution < 1.29 is 14.7 Å². The van der Waals surface area contributed by atoms with Crippen LogP contribution in [0.4, 0.5) is 5.82 Å². The number of hydrogen-bond acceptors (Lipinski definition) is 3. The standard InChI is InChI=1S/C10H8N2O3/c1-2-4-9(13)12-8-6-3-5-7(11-8)10(14)15/h3,5-6H,1H3,(H,14,15)(H,11,12,13). The van der Waals surface area contributed by atoms with E-state index in [0.29, 0.717) is 0 Å². The van der Waals surface area contributed by atoms with Crippen LogP contribution in [0.5, 0.6) is 0 Å². The first-order chi connectivity index (χ1) is 7.13. The van der Waals surface area contributed by atoms with Gasteiger partial charge in [-0.05, 0) is 25.0 Å². The molecule has 5 heteroatoms. The van der Waals surface area contributed by atoms with E-state index < -0.39 is 11.9 Å². The number of rotatable bonds is 2. The second-order valence-corrected chi connectivity index (χ2v) is 2.54. The minimum absolute atomic E-state index is 0.128. The van der Waals surface area contributed by atoms with Crippen molar-refractivity contribution in [1.82, 2.24) is 4.98 Å². The normalized spacial score (nSPS) is 8.60. The van der Waals surface area contributed by atoms with Gasteiger partial charge in [0, 0.05) is 0 Å². The number of pyridine rings is 1. The van der Waals surface area contributed by atoms with Gasteiger partial charge in [0.15, 0.2) is 5.69 Å². The molecule has 0 aliphatic heterocycles. The predicted octanol–water partition coefficient (Wildman–Crippen LogP) is 0.742. The van der Waals surface area contributed by atoms with Crippen molar-refractivity contribution in [3.63, 3.8) is 0 Å². The van der Waals surface area contributed by atoms with Crippen LogP contribution in [0.25, 0.3) is 0 Å². The van der Waals surface area contributed by atoms with Gasteiger partial charge in [-0.3, -0.25) is 10.1 Å². The molecule has 0 fully saturated rings. The topological polar surface area (TPSA) is 79.3 Å². The monoisotopic (exact) mass is 204 g/mol. The molecule has 0 radical (unpaired) electrons. The first-order valence-corrected chi connectivity index (χ1v) is 4.07. The highest BCUT2D eigenvalue weighted by Crippen LogP contribution is 2.04. The first kappa shape index (κ1) is 10.7. The maximum absolute atomic E-state index is 11.0. The quantitative estimate of drug-likeness (QED) is 0.696. The molecule has 76 valence electrons. The van der Waals surface area contributed by atoms with Gasteiger partial charge >= 0.3 is 11.9 Å². The summed E-state index contributed by atoms with van der Waals surface area (Å²) in [5, 5.41) is 11.0. The van der Waals surface area contributed by atoms with Crippen molar-refractivity contribution in [1.29, 1.82) is 0 Å². The van der Waals surface area contributed by atoms with Gasteiger partial charge in [-0.1, -0.05) is 12.0 Å². The average molecular weight is 204 g/mol. The molecule has 5 nitrogen and oxygen atoms in total. The Hall–Kier alpha value is -2.35. The van der Waals surface area contributed by atoms with Crippen LogP contribution in [0.1, 0.15) is 17.4 Å². The van der Waals surface area contributed by atoms with Crippen LogP contribution < -0.4 is 5.32 Å². The molecule has 0 aliphatic rings. The van der Waals surface area contributed by atoms with Crippen molar-refractivity contribution in [2.45, 2.75) is 6.92 Å². The summed E-state index contributed by atoms with van der Waals surface area (Å²) in [5.74, 6) is 3.18. The van der Waals surface area contributed by atoms with Gasteiger partial charge < -0.3 is 5.11 Å². The van der Waals surface area contributed by atoms with Crippen LogP contribution in [-0.4, -0.2) is 22.0 Å². The van der Waals surface area contributed by atoms with E-state index in [1.165, 1.54) is 25.1 Å². The summed E-state index contributed by atoms with van der Waals surface area (Å²) >= 11 is 0. The number of carbonyl (C=O) groups is 2. The van der Waals surface area contributed by atoms with Gasteiger partial charge in [-0.2, -0.15) is 0 Å². The van der Waals surface area contributed by atoms with Crippen molar-refractivity contribution in [2.24, 2.45) is 0 Å². The molecule has 0 bridgehead atoms. The van der Waals surface area contributed by atoms with Crippen LogP contribution >= 0.6 is 0 Å². The highest BCUT2D eigenvalue weighted by molar-refractivity contribution is 6.03. The molecule has 15 heavy (non-hydrogen) atoms. The fourth-order valence-electron chi connectivity index (χ4n) is 0.885. The Kier molecular flexibility index (Phi) is 3.41. The number of hydrogen-bond donors (Lipinski definition) is 2. The van der Waals surface area contributed by atoms with E-state index >= 15 is 0 Å². The highest BCUT2D eigenvalue weighted by Gasteiger charge is 2.05. The predicted molar refractivity (Wildman–Crippen MR) is 53.3 cm³/mol. The number of nitrogens with zero attached hydrogens (tertiary/aromatic N) is 1. The van der Waals surface area contributed by atoms with Crippen LogP contribution in [0.3, 0.4) is 0 Å². The minimum atomic E-state index is -1.15. The average Bonchev–Trinajstić information content (AvgIpc) is 2.18. The van der Waals surface area contributed by atoms with Crippen LogP contribution in [0.15, 0.2) is 18.2 Å². The number of aromatic nitrogens is 1. The number of carbonyl (C=O) groups excluding carboxylic acids is 1. The summed E-state index contributed by atoms with van der Waals surface area (Å²) in [6, 6.07) is 4.32.